The fraction of sp³-hybridized carbons (Fsp3) is 0.185. The van der Waals surface area contributed by atoms with E-state index in [1.54, 1.807) is 29.0 Å². The van der Waals surface area contributed by atoms with Gasteiger partial charge in [0, 0.05) is 33.8 Å². The largest absolute Gasteiger partial charge is 0.485 e. The van der Waals surface area contributed by atoms with Crippen LogP contribution in [0.15, 0.2) is 72.1 Å². The number of ether oxygens (including phenoxy) is 1. The predicted octanol–water partition coefficient (Wildman–Crippen LogP) is 3.95. The molecule has 0 bridgehead atoms. The number of anilines is 1. The van der Waals surface area contributed by atoms with Crippen molar-refractivity contribution in [3.63, 3.8) is 0 Å². The van der Waals surface area contributed by atoms with Crippen molar-refractivity contribution in [2.24, 2.45) is 5.92 Å². The van der Waals surface area contributed by atoms with Gasteiger partial charge >= 0.3 is 0 Å². The Morgan fingerprint density at radius 1 is 1.15 bits per heavy atom. The minimum absolute atomic E-state index is 0.138. The van der Waals surface area contributed by atoms with E-state index in [9.17, 15) is 4.79 Å². The molecule has 1 saturated carbocycles. The molecule has 0 radical (unpaired) electrons. The van der Waals surface area contributed by atoms with Crippen molar-refractivity contribution < 1.29 is 4.74 Å². The number of benzene rings is 2. The summed E-state index contributed by atoms with van der Waals surface area (Å²) in [6.45, 7) is 4.35. The Kier molecular flexibility index (Phi) is 4.63. The van der Waals surface area contributed by atoms with Gasteiger partial charge in [-0.3, -0.25) is 9.36 Å². The molecule has 3 atom stereocenters. The molecule has 0 amide bonds. The van der Waals surface area contributed by atoms with Crippen LogP contribution in [0.5, 0.6) is 5.75 Å². The summed E-state index contributed by atoms with van der Waals surface area (Å²) >= 11 is 6.32. The molecule has 0 spiro atoms. The van der Waals surface area contributed by atoms with E-state index in [1.807, 2.05) is 24.3 Å². The average Bonchev–Trinajstić information content (AvgIpc) is 3.28. The molecular formula is C27H20ClN9O2. The zero-order chi connectivity index (χ0) is 26.2. The molecule has 5 aromatic rings. The number of H-pyrrole nitrogens is 1. The van der Waals surface area contributed by atoms with Gasteiger partial charge in [0.1, 0.15) is 30.3 Å². The van der Waals surface area contributed by atoms with Crippen molar-refractivity contribution in [2.75, 3.05) is 11.9 Å². The SMILES string of the molecule is C=C1COc2cc(-c3cnc(C4C5CC5c5nc(-c6cc(Cl)ccc6-n6cnnn6)cc(=O)n54)[nH]3)ccc2N1. The van der Waals surface area contributed by atoms with Gasteiger partial charge < -0.3 is 15.0 Å². The highest BCUT2D eigenvalue weighted by atomic mass is 35.5. The zero-order valence-electron chi connectivity index (χ0n) is 20.4. The number of fused-ring (bicyclic) bond motifs is 4. The number of halogens is 1. The third-order valence-corrected chi connectivity index (χ3v) is 7.78. The minimum Gasteiger partial charge on any atom is -0.485 e. The van der Waals surface area contributed by atoms with E-state index in [-0.39, 0.29) is 23.4 Å². The molecule has 3 aliphatic rings. The smallest absolute Gasteiger partial charge is 0.254 e. The number of imidazole rings is 1. The summed E-state index contributed by atoms with van der Waals surface area (Å²) in [6.07, 6.45) is 4.25. The molecule has 3 aromatic heterocycles. The normalized spacial score (nSPS) is 20.5. The van der Waals surface area contributed by atoms with Crippen LogP contribution < -0.4 is 15.6 Å². The summed E-state index contributed by atoms with van der Waals surface area (Å²) in [5.41, 5.74) is 5.28. The highest BCUT2D eigenvalue weighted by Crippen LogP contribution is 2.59. The molecule has 2 aromatic carbocycles. The van der Waals surface area contributed by atoms with Crippen molar-refractivity contribution in [2.45, 2.75) is 18.4 Å². The van der Waals surface area contributed by atoms with Gasteiger partial charge in [-0.2, -0.15) is 4.68 Å². The van der Waals surface area contributed by atoms with Crippen LogP contribution in [0, 0.1) is 5.92 Å². The molecule has 5 heterocycles. The second-order valence-electron chi connectivity index (χ2n) is 9.98. The van der Waals surface area contributed by atoms with E-state index in [1.165, 1.54) is 11.0 Å². The predicted molar refractivity (Wildman–Crippen MR) is 143 cm³/mol. The molecule has 192 valence electrons. The molecule has 11 nitrogen and oxygen atoms in total. The van der Waals surface area contributed by atoms with Gasteiger partial charge in [0.25, 0.3) is 5.56 Å². The molecule has 1 aliphatic carbocycles. The lowest BCUT2D eigenvalue weighted by Gasteiger charge is -2.21. The van der Waals surface area contributed by atoms with Crippen LogP contribution >= 0.6 is 11.6 Å². The molecule has 1 fully saturated rings. The zero-order valence-corrected chi connectivity index (χ0v) is 21.1. The first kappa shape index (κ1) is 22.2. The minimum atomic E-state index is -0.204. The van der Waals surface area contributed by atoms with Crippen LogP contribution in [0.2, 0.25) is 5.02 Å². The first-order valence-electron chi connectivity index (χ1n) is 12.5. The Balaban J connectivity index is 1.17. The Morgan fingerprint density at radius 3 is 2.95 bits per heavy atom. The Morgan fingerprint density at radius 2 is 2.08 bits per heavy atom. The van der Waals surface area contributed by atoms with Crippen LogP contribution in [0.25, 0.3) is 28.2 Å². The molecule has 12 heteroatoms. The quantitative estimate of drug-likeness (QED) is 0.352. The third-order valence-electron chi connectivity index (χ3n) is 7.55. The van der Waals surface area contributed by atoms with Crippen LogP contribution in [-0.2, 0) is 0 Å². The topological polar surface area (TPSA) is 128 Å². The molecule has 39 heavy (non-hydrogen) atoms. The standard InChI is InChI=1S/C27H20ClN9O2/c1-13-11-39-23-6-14(2-4-19(23)31-13)21-10-29-26(32-21)25-16-8-17(16)27-33-20(9-24(38)37(25)27)18-7-15(28)3-5-22(18)36-12-30-34-35-36/h2-7,9-10,12,16-17,25,31H,1,8,11H2,(H,29,32). The number of nitrogens with zero attached hydrogens (tertiary/aromatic N) is 7. The summed E-state index contributed by atoms with van der Waals surface area (Å²) in [4.78, 5) is 26.7. The highest BCUT2D eigenvalue weighted by Gasteiger charge is 2.55. The molecule has 2 aliphatic heterocycles. The lowest BCUT2D eigenvalue weighted by molar-refractivity contribution is 0.347. The van der Waals surface area contributed by atoms with Crippen molar-refractivity contribution in [1.82, 2.24) is 39.7 Å². The van der Waals surface area contributed by atoms with E-state index >= 15 is 0 Å². The molecule has 3 unspecified atom stereocenters. The molecule has 0 saturated heterocycles. The summed E-state index contributed by atoms with van der Waals surface area (Å²) in [5, 5.41) is 15.2. The Labute approximate surface area is 226 Å². The Hall–Kier alpha value is -4.77. The van der Waals surface area contributed by atoms with Crippen molar-refractivity contribution in [1.29, 1.82) is 0 Å². The fourth-order valence-corrected chi connectivity index (χ4v) is 5.86. The number of rotatable bonds is 4. The summed E-state index contributed by atoms with van der Waals surface area (Å²) in [5.74, 6) is 2.74. The fourth-order valence-electron chi connectivity index (χ4n) is 5.69. The molecule has 8 rings (SSSR count). The van der Waals surface area contributed by atoms with E-state index in [2.05, 4.69) is 32.4 Å². The molecular weight excluding hydrogens is 518 g/mol. The van der Waals surface area contributed by atoms with Crippen LogP contribution in [0.1, 0.15) is 30.0 Å². The van der Waals surface area contributed by atoms with E-state index in [0.29, 0.717) is 28.6 Å². The summed E-state index contributed by atoms with van der Waals surface area (Å²) in [7, 11) is 0. The summed E-state index contributed by atoms with van der Waals surface area (Å²) < 4.78 is 9.11. The third kappa shape index (κ3) is 3.50. The van der Waals surface area contributed by atoms with Crippen LogP contribution in [0.4, 0.5) is 5.69 Å². The van der Waals surface area contributed by atoms with Gasteiger partial charge in [-0.25, -0.2) is 9.97 Å². The monoisotopic (exact) mass is 537 g/mol. The van der Waals surface area contributed by atoms with Gasteiger partial charge in [0.15, 0.2) is 0 Å². The Bertz CT molecular complexity index is 1860. The first-order valence-corrected chi connectivity index (χ1v) is 12.8. The highest BCUT2D eigenvalue weighted by molar-refractivity contribution is 6.31. The van der Waals surface area contributed by atoms with Crippen molar-refractivity contribution >= 4 is 17.3 Å². The maximum atomic E-state index is 13.6. The average molecular weight is 538 g/mol. The number of aromatic nitrogens is 8. The lowest BCUT2D eigenvalue weighted by atomic mass is 10.1. The van der Waals surface area contributed by atoms with Gasteiger partial charge in [-0.1, -0.05) is 24.2 Å². The number of aromatic amines is 1. The summed E-state index contributed by atoms with van der Waals surface area (Å²) in [6, 6.07) is 12.6. The van der Waals surface area contributed by atoms with E-state index in [4.69, 9.17) is 26.3 Å². The van der Waals surface area contributed by atoms with Gasteiger partial charge in [-0.05, 0) is 53.1 Å². The van der Waals surface area contributed by atoms with Gasteiger partial charge in [0.2, 0.25) is 0 Å². The van der Waals surface area contributed by atoms with Crippen LogP contribution in [0.3, 0.4) is 0 Å². The maximum absolute atomic E-state index is 13.6. The van der Waals surface area contributed by atoms with Crippen LogP contribution in [-0.4, -0.2) is 46.3 Å². The number of nitrogens with one attached hydrogen (secondary N) is 2. The number of hydrogen-bond acceptors (Lipinski definition) is 8. The second-order valence-corrected chi connectivity index (χ2v) is 10.4. The maximum Gasteiger partial charge on any atom is 0.254 e. The van der Waals surface area contributed by atoms with Gasteiger partial charge in [-0.15, -0.1) is 5.10 Å². The molecule has 2 N–H and O–H groups in total. The number of hydrogen-bond donors (Lipinski definition) is 2. The van der Waals surface area contributed by atoms with Crippen molar-refractivity contribution in [3.05, 3.63) is 94.3 Å². The lowest BCUT2D eigenvalue weighted by Crippen LogP contribution is -2.27. The number of tetrazole rings is 1. The second kappa shape index (κ2) is 8.11. The first-order chi connectivity index (χ1) is 19.0. The van der Waals surface area contributed by atoms with E-state index in [0.717, 1.165) is 46.5 Å². The van der Waals surface area contributed by atoms with Gasteiger partial charge in [0.05, 0.1) is 35.0 Å². The van der Waals surface area contributed by atoms with E-state index < -0.39 is 0 Å². The van der Waals surface area contributed by atoms with Crippen molar-refractivity contribution in [3.8, 4) is 34.0 Å².